The highest BCUT2D eigenvalue weighted by Crippen LogP contribution is 2.55. The SMILES string of the molecule is CCCCCCC(C)(C)c1cc(C)c2c(c1)CC(C)(C)C1CC=C(C3=CN(CCSC)NN3)CC21. The zero-order valence-electron chi connectivity index (χ0n) is 23.4. The third kappa shape index (κ3) is 5.80. The Bertz CT molecular complexity index is 958. The fraction of sp³-hybridized carbons (Fsp3) is 0.677. The van der Waals surface area contributed by atoms with Crippen LogP contribution in [-0.4, -0.2) is 23.6 Å². The smallest absolute Gasteiger partial charge is 0.0708 e. The van der Waals surface area contributed by atoms with Gasteiger partial charge in [-0.15, -0.1) is 5.53 Å². The molecule has 3 nitrogen and oxygen atoms in total. The summed E-state index contributed by atoms with van der Waals surface area (Å²) < 4.78 is 0. The van der Waals surface area contributed by atoms with Gasteiger partial charge in [-0.05, 0) is 89.4 Å². The van der Waals surface area contributed by atoms with Gasteiger partial charge in [0.25, 0.3) is 0 Å². The van der Waals surface area contributed by atoms with Crippen LogP contribution in [0, 0.1) is 18.3 Å². The van der Waals surface area contributed by atoms with E-state index in [4.69, 9.17) is 0 Å². The van der Waals surface area contributed by atoms with Crippen LogP contribution in [0.2, 0.25) is 0 Å². The van der Waals surface area contributed by atoms with E-state index >= 15 is 0 Å². The van der Waals surface area contributed by atoms with Gasteiger partial charge in [0, 0.05) is 18.5 Å². The second kappa shape index (κ2) is 10.9. The number of hydrogen-bond donors (Lipinski definition) is 2. The standard InChI is InChI=1S/C31H49N3S/c1-8-9-10-11-14-30(3,4)25-17-22(2)29-24(18-25)20-31(5,6)27-13-12-23(19-26(27)29)28-21-34(33-32-28)15-16-35-7/h12,17-18,21,26-27,32-33H,8-11,13-16,19-20H2,1-7H3. The molecule has 4 rings (SSSR count). The largest absolute Gasteiger partial charge is 0.302 e. The maximum absolute atomic E-state index is 3.46. The number of thioether (sulfide) groups is 1. The summed E-state index contributed by atoms with van der Waals surface area (Å²) in [4.78, 5) is 0. The molecule has 2 N–H and O–H groups in total. The van der Waals surface area contributed by atoms with Crippen LogP contribution in [0.3, 0.4) is 0 Å². The molecule has 2 unspecified atom stereocenters. The van der Waals surface area contributed by atoms with Crippen molar-refractivity contribution in [2.45, 2.75) is 104 Å². The predicted molar refractivity (Wildman–Crippen MR) is 153 cm³/mol. The number of benzene rings is 1. The van der Waals surface area contributed by atoms with Gasteiger partial charge in [-0.2, -0.15) is 11.8 Å². The van der Waals surface area contributed by atoms with E-state index in [9.17, 15) is 0 Å². The molecule has 0 saturated carbocycles. The molecule has 0 amide bonds. The Balaban J connectivity index is 1.59. The van der Waals surface area contributed by atoms with E-state index in [2.05, 4.69) is 88.2 Å². The molecule has 1 aliphatic heterocycles. The summed E-state index contributed by atoms with van der Waals surface area (Å²) in [5, 5.41) is 2.19. The quantitative estimate of drug-likeness (QED) is 0.324. The van der Waals surface area contributed by atoms with E-state index in [1.807, 2.05) is 11.8 Å². The van der Waals surface area contributed by atoms with Gasteiger partial charge in [-0.1, -0.05) is 78.5 Å². The highest BCUT2D eigenvalue weighted by Gasteiger charge is 2.44. The molecule has 1 aromatic carbocycles. The molecule has 3 aliphatic rings. The van der Waals surface area contributed by atoms with Gasteiger partial charge in [-0.25, -0.2) is 0 Å². The fourth-order valence-corrected chi connectivity index (χ4v) is 7.19. The monoisotopic (exact) mass is 495 g/mol. The third-order valence-corrected chi connectivity index (χ3v) is 9.57. The van der Waals surface area contributed by atoms with Gasteiger partial charge in [0.05, 0.1) is 5.70 Å². The predicted octanol–water partition coefficient (Wildman–Crippen LogP) is 7.77. The minimum Gasteiger partial charge on any atom is -0.302 e. The number of unbranched alkanes of at least 4 members (excludes halogenated alkanes) is 3. The van der Waals surface area contributed by atoms with Crippen molar-refractivity contribution >= 4 is 11.8 Å². The van der Waals surface area contributed by atoms with Crippen molar-refractivity contribution in [2.24, 2.45) is 11.3 Å². The topological polar surface area (TPSA) is 27.3 Å². The number of hydrazine groups is 2. The summed E-state index contributed by atoms with van der Waals surface area (Å²) in [7, 11) is 0. The van der Waals surface area contributed by atoms with Crippen LogP contribution in [0.5, 0.6) is 0 Å². The summed E-state index contributed by atoms with van der Waals surface area (Å²) in [5.74, 6) is 2.45. The molecule has 0 fully saturated rings. The molecule has 0 radical (unpaired) electrons. The van der Waals surface area contributed by atoms with E-state index in [0.717, 1.165) is 18.7 Å². The van der Waals surface area contributed by atoms with Gasteiger partial charge < -0.3 is 5.43 Å². The van der Waals surface area contributed by atoms with Crippen molar-refractivity contribution in [1.82, 2.24) is 16.0 Å². The first-order valence-corrected chi connectivity index (χ1v) is 15.4. The minimum atomic E-state index is 0.247. The van der Waals surface area contributed by atoms with Crippen molar-refractivity contribution in [3.8, 4) is 0 Å². The Morgan fingerprint density at radius 1 is 1.17 bits per heavy atom. The zero-order chi connectivity index (χ0) is 25.2. The van der Waals surface area contributed by atoms with Crippen molar-refractivity contribution in [3.05, 3.63) is 57.9 Å². The van der Waals surface area contributed by atoms with E-state index < -0.39 is 0 Å². The number of nitrogens with one attached hydrogen (secondary N) is 2. The van der Waals surface area contributed by atoms with Crippen LogP contribution in [0.15, 0.2) is 35.7 Å². The molecule has 2 atom stereocenters. The average Bonchev–Trinajstić information content (AvgIpc) is 3.28. The molecule has 1 heterocycles. The number of fused-ring (bicyclic) bond motifs is 3. The number of allylic oxidation sites excluding steroid dienone is 2. The van der Waals surface area contributed by atoms with E-state index in [1.54, 1.807) is 16.7 Å². The Kier molecular flexibility index (Phi) is 8.32. The van der Waals surface area contributed by atoms with Gasteiger partial charge in [0.2, 0.25) is 0 Å². The first kappa shape index (κ1) is 26.7. The number of nitrogens with zero attached hydrogens (tertiary/aromatic N) is 1. The van der Waals surface area contributed by atoms with Crippen LogP contribution >= 0.6 is 11.8 Å². The first-order valence-electron chi connectivity index (χ1n) is 14.0. The van der Waals surface area contributed by atoms with Crippen LogP contribution in [0.1, 0.15) is 108 Å². The fourth-order valence-electron chi connectivity index (χ4n) is 6.81. The second-order valence-corrected chi connectivity index (χ2v) is 13.6. The third-order valence-electron chi connectivity index (χ3n) is 8.98. The lowest BCUT2D eigenvalue weighted by Crippen LogP contribution is -2.40. The molecule has 0 saturated heterocycles. The lowest BCUT2D eigenvalue weighted by Gasteiger charge is -2.48. The molecule has 0 spiro atoms. The Hall–Kier alpha value is -1.39. The second-order valence-electron chi connectivity index (χ2n) is 12.6. The average molecular weight is 496 g/mol. The van der Waals surface area contributed by atoms with Gasteiger partial charge in [-0.3, -0.25) is 5.01 Å². The summed E-state index contributed by atoms with van der Waals surface area (Å²) in [6, 6.07) is 5.15. The molecular weight excluding hydrogens is 446 g/mol. The van der Waals surface area contributed by atoms with E-state index in [-0.39, 0.29) is 5.41 Å². The van der Waals surface area contributed by atoms with Crippen LogP contribution in [0.4, 0.5) is 0 Å². The zero-order valence-corrected chi connectivity index (χ0v) is 24.2. The Morgan fingerprint density at radius 2 is 1.97 bits per heavy atom. The molecule has 35 heavy (non-hydrogen) atoms. The van der Waals surface area contributed by atoms with E-state index in [1.165, 1.54) is 61.8 Å². The maximum Gasteiger partial charge on any atom is 0.0708 e. The highest BCUT2D eigenvalue weighted by molar-refractivity contribution is 7.98. The summed E-state index contributed by atoms with van der Waals surface area (Å²) in [5.41, 5.74) is 16.5. The van der Waals surface area contributed by atoms with Crippen LogP contribution in [-0.2, 0) is 11.8 Å². The lowest BCUT2D eigenvalue weighted by atomic mass is 9.56. The van der Waals surface area contributed by atoms with Gasteiger partial charge in [0.15, 0.2) is 0 Å². The molecule has 2 aliphatic carbocycles. The molecule has 194 valence electrons. The van der Waals surface area contributed by atoms with Gasteiger partial charge in [0.1, 0.15) is 0 Å². The summed E-state index contributed by atoms with van der Waals surface area (Å²) in [6.45, 7) is 15.7. The molecule has 0 aromatic heterocycles. The van der Waals surface area contributed by atoms with Crippen molar-refractivity contribution in [1.29, 1.82) is 0 Å². The van der Waals surface area contributed by atoms with Gasteiger partial charge >= 0.3 is 0 Å². The maximum atomic E-state index is 3.46. The number of aryl methyl sites for hydroxylation is 1. The van der Waals surface area contributed by atoms with Crippen molar-refractivity contribution in [2.75, 3.05) is 18.6 Å². The van der Waals surface area contributed by atoms with Crippen molar-refractivity contribution < 1.29 is 0 Å². The molecule has 1 aromatic rings. The molecule has 0 bridgehead atoms. The number of hydrogen-bond acceptors (Lipinski definition) is 4. The highest BCUT2D eigenvalue weighted by atomic mass is 32.2. The summed E-state index contributed by atoms with van der Waals surface area (Å²) in [6.07, 6.45) is 17.2. The lowest BCUT2D eigenvalue weighted by molar-refractivity contribution is 0.151. The summed E-state index contributed by atoms with van der Waals surface area (Å²) >= 11 is 1.89. The van der Waals surface area contributed by atoms with Crippen molar-refractivity contribution in [3.63, 3.8) is 0 Å². The minimum absolute atomic E-state index is 0.247. The molecular formula is C31H49N3S. The van der Waals surface area contributed by atoms with E-state index in [0.29, 0.717) is 17.3 Å². The van der Waals surface area contributed by atoms with Crippen LogP contribution < -0.4 is 11.0 Å². The van der Waals surface area contributed by atoms with Crippen LogP contribution in [0.25, 0.3) is 0 Å². The normalized spacial score (nSPS) is 23.3. The molecule has 4 heteroatoms. The Labute approximate surface area is 219 Å². The number of rotatable bonds is 10. The Morgan fingerprint density at radius 3 is 2.71 bits per heavy atom. The first-order chi connectivity index (χ1) is 16.7.